The highest BCUT2D eigenvalue weighted by atomic mass is 15.3. The van der Waals surface area contributed by atoms with Crippen molar-refractivity contribution in [3.05, 3.63) is 23.8 Å². The molecular weight excluding hydrogens is 214 g/mol. The van der Waals surface area contributed by atoms with E-state index in [0.717, 1.165) is 30.3 Å². The smallest absolute Gasteiger partial charge is 0.224 e. The van der Waals surface area contributed by atoms with Crippen molar-refractivity contribution in [2.24, 2.45) is 7.05 Å². The molecule has 0 aliphatic carbocycles. The summed E-state index contributed by atoms with van der Waals surface area (Å²) < 4.78 is 1.96. The van der Waals surface area contributed by atoms with Crippen LogP contribution in [0, 0.1) is 0 Å². The van der Waals surface area contributed by atoms with E-state index in [9.17, 15) is 0 Å². The lowest BCUT2D eigenvalue weighted by molar-refractivity contribution is 0.925. The first-order valence-electron chi connectivity index (χ1n) is 5.74. The predicted octanol–water partition coefficient (Wildman–Crippen LogP) is 1.49. The third-order valence-corrected chi connectivity index (χ3v) is 3.17. The third kappa shape index (κ3) is 1.54. The van der Waals surface area contributed by atoms with Gasteiger partial charge in [-0.3, -0.25) is 4.57 Å². The summed E-state index contributed by atoms with van der Waals surface area (Å²) in [6.45, 7) is 1.03. The van der Waals surface area contributed by atoms with Gasteiger partial charge in [0.25, 0.3) is 0 Å². The molecule has 0 saturated heterocycles. The molecule has 0 unspecified atom stereocenters. The molecular formula is C12H15N5. The maximum absolute atomic E-state index is 4.21. The number of hydrogen-bond donors (Lipinski definition) is 2. The van der Waals surface area contributed by atoms with Gasteiger partial charge in [0.2, 0.25) is 5.95 Å². The van der Waals surface area contributed by atoms with Crippen LogP contribution >= 0.6 is 0 Å². The summed E-state index contributed by atoms with van der Waals surface area (Å²) in [5.41, 5.74) is 3.71. The summed E-state index contributed by atoms with van der Waals surface area (Å²) in [7, 11) is 3.81. The molecule has 2 heterocycles. The summed E-state index contributed by atoms with van der Waals surface area (Å²) in [5, 5.41) is 14.7. The van der Waals surface area contributed by atoms with E-state index in [1.165, 1.54) is 11.3 Å². The van der Waals surface area contributed by atoms with Crippen LogP contribution < -0.4 is 10.6 Å². The molecule has 5 nitrogen and oxygen atoms in total. The molecule has 2 aromatic rings. The summed E-state index contributed by atoms with van der Waals surface area (Å²) in [6, 6.07) is 6.39. The van der Waals surface area contributed by atoms with Crippen molar-refractivity contribution < 1.29 is 0 Å². The van der Waals surface area contributed by atoms with E-state index in [1.54, 1.807) is 0 Å². The Bertz CT molecular complexity index is 558. The molecule has 17 heavy (non-hydrogen) atoms. The molecule has 88 valence electrons. The largest absolute Gasteiger partial charge is 0.384 e. The molecule has 5 heteroatoms. The molecule has 0 fully saturated rings. The summed E-state index contributed by atoms with van der Waals surface area (Å²) in [4.78, 5) is 0. The van der Waals surface area contributed by atoms with Gasteiger partial charge < -0.3 is 10.6 Å². The Morgan fingerprint density at radius 3 is 3.00 bits per heavy atom. The predicted molar refractivity (Wildman–Crippen MR) is 68.2 cm³/mol. The van der Waals surface area contributed by atoms with E-state index in [0.29, 0.717) is 0 Å². The second-order valence-corrected chi connectivity index (χ2v) is 4.20. The van der Waals surface area contributed by atoms with Crippen LogP contribution in [0.3, 0.4) is 0 Å². The van der Waals surface area contributed by atoms with Crippen LogP contribution in [0.4, 0.5) is 11.6 Å². The lowest BCUT2D eigenvalue weighted by Crippen LogP contribution is -1.99. The number of nitrogens with one attached hydrogen (secondary N) is 2. The maximum Gasteiger partial charge on any atom is 0.224 e. The molecule has 0 bridgehead atoms. The summed E-state index contributed by atoms with van der Waals surface area (Å²) in [6.07, 6.45) is 1.08. The quantitative estimate of drug-likeness (QED) is 0.819. The fraction of sp³-hybridized carbons (Fsp3) is 0.333. The molecule has 1 aliphatic rings. The van der Waals surface area contributed by atoms with E-state index >= 15 is 0 Å². The monoisotopic (exact) mass is 229 g/mol. The zero-order valence-corrected chi connectivity index (χ0v) is 9.99. The van der Waals surface area contributed by atoms with Crippen LogP contribution in [0.25, 0.3) is 11.4 Å². The highest BCUT2D eigenvalue weighted by molar-refractivity contribution is 5.66. The molecule has 0 saturated carbocycles. The standard InChI is InChI=1S/C12H15N5/c1-13-12-16-15-11(17(12)2)9-3-4-10-8(7-9)5-6-14-10/h3-4,7,14H,5-6H2,1-2H3,(H,13,16). The van der Waals surface area contributed by atoms with Crippen LogP contribution in [0.5, 0.6) is 0 Å². The average molecular weight is 229 g/mol. The molecule has 0 atom stereocenters. The minimum absolute atomic E-state index is 0.777. The third-order valence-electron chi connectivity index (χ3n) is 3.17. The van der Waals surface area contributed by atoms with E-state index in [4.69, 9.17) is 0 Å². The van der Waals surface area contributed by atoms with Crippen molar-refractivity contribution in [1.29, 1.82) is 0 Å². The van der Waals surface area contributed by atoms with Crippen molar-refractivity contribution >= 4 is 11.6 Å². The Labute approximate surface area is 99.9 Å². The number of aromatic nitrogens is 3. The average Bonchev–Trinajstić information content (AvgIpc) is 2.94. The molecule has 2 N–H and O–H groups in total. The second-order valence-electron chi connectivity index (χ2n) is 4.20. The molecule has 0 spiro atoms. The van der Waals surface area contributed by atoms with Crippen molar-refractivity contribution in [3.8, 4) is 11.4 Å². The van der Waals surface area contributed by atoms with Gasteiger partial charge in [-0.15, -0.1) is 10.2 Å². The fourth-order valence-corrected chi connectivity index (χ4v) is 2.24. The summed E-state index contributed by atoms with van der Waals surface area (Å²) in [5.74, 6) is 1.67. The van der Waals surface area contributed by atoms with Crippen LogP contribution in [-0.2, 0) is 13.5 Å². The minimum atomic E-state index is 0.777. The van der Waals surface area contributed by atoms with E-state index in [1.807, 2.05) is 18.7 Å². The first kappa shape index (κ1) is 10.1. The zero-order chi connectivity index (χ0) is 11.8. The van der Waals surface area contributed by atoms with Gasteiger partial charge in [-0.2, -0.15) is 0 Å². The number of fused-ring (bicyclic) bond motifs is 1. The van der Waals surface area contributed by atoms with E-state index in [-0.39, 0.29) is 0 Å². The van der Waals surface area contributed by atoms with Gasteiger partial charge in [0.05, 0.1) is 0 Å². The zero-order valence-electron chi connectivity index (χ0n) is 9.99. The van der Waals surface area contributed by atoms with Gasteiger partial charge in [-0.25, -0.2) is 0 Å². The Hall–Kier alpha value is -2.04. The van der Waals surface area contributed by atoms with E-state index < -0.39 is 0 Å². The van der Waals surface area contributed by atoms with Crippen molar-refractivity contribution in [3.63, 3.8) is 0 Å². The first-order valence-corrected chi connectivity index (χ1v) is 5.74. The van der Waals surface area contributed by atoms with Gasteiger partial charge in [0.15, 0.2) is 5.82 Å². The lowest BCUT2D eigenvalue weighted by atomic mass is 10.1. The number of anilines is 2. The normalized spacial score (nSPS) is 13.3. The second kappa shape index (κ2) is 3.76. The number of nitrogens with zero attached hydrogens (tertiary/aromatic N) is 3. The van der Waals surface area contributed by atoms with Gasteiger partial charge in [0.1, 0.15) is 0 Å². The lowest BCUT2D eigenvalue weighted by Gasteiger charge is -2.05. The number of hydrogen-bond acceptors (Lipinski definition) is 4. The van der Waals surface area contributed by atoms with Gasteiger partial charge in [-0.05, 0) is 30.2 Å². The Morgan fingerprint density at radius 1 is 1.35 bits per heavy atom. The van der Waals surface area contributed by atoms with Crippen molar-refractivity contribution in [2.45, 2.75) is 6.42 Å². The highest BCUT2D eigenvalue weighted by Gasteiger charge is 2.14. The Kier molecular flexibility index (Phi) is 2.24. The number of rotatable bonds is 2. The van der Waals surface area contributed by atoms with Crippen LogP contribution in [-0.4, -0.2) is 28.4 Å². The maximum atomic E-state index is 4.21. The Balaban J connectivity index is 2.06. The topological polar surface area (TPSA) is 54.8 Å². The SMILES string of the molecule is CNc1nnc(-c2ccc3c(c2)CCN3)n1C. The summed E-state index contributed by atoms with van der Waals surface area (Å²) >= 11 is 0. The fourth-order valence-electron chi connectivity index (χ4n) is 2.24. The molecule has 0 radical (unpaired) electrons. The van der Waals surface area contributed by atoms with E-state index in [2.05, 4.69) is 39.0 Å². The van der Waals surface area contributed by atoms with Crippen LogP contribution in [0.15, 0.2) is 18.2 Å². The van der Waals surface area contributed by atoms with Crippen molar-refractivity contribution in [1.82, 2.24) is 14.8 Å². The Morgan fingerprint density at radius 2 is 2.24 bits per heavy atom. The molecule has 0 amide bonds. The molecule has 3 rings (SSSR count). The minimum Gasteiger partial charge on any atom is -0.384 e. The van der Waals surface area contributed by atoms with Gasteiger partial charge >= 0.3 is 0 Å². The molecule has 1 aromatic heterocycles. The van der Waals surface area contributed by atoms with Crippen LogP contribution in [0.2, 0.25) is 0 Å². The number of benzene rings is 1. The van der Waals surface area contributed by atoms with Crippen molar-refractivity contribution in [2.75, 3.05) is 24.2 Å². The molecule has 1 aromatic carbocycles. The first-order chi connectivity index (χ1) is 8.29. The molecule has 1 aliphatic heterocycles. The van der Waals surface area contributed by atoms with Crippen LogP contribution in [0.1, 0.15) is 5.56 Å². The van der Waals surface area contributed by atoms with Gasteiger partial charge in [0, 0.05) is 31.9 Å². The van der Waals surface area contributed by atoms with Gasteiger partial charge in [-0.1, -0.05) is 0 Å². The highest BCUT2D eigenvalue weighted by Crippen LogP contribution is 2.28.